The Kier molecular flexibility index (Phi) is 6.36. The lowest BCUT2D eigenvalue weighted by atomic mass is 10.1. The second-order valence-corrected chi connectivity index (χ2v) is 9.59. The van der Waals surface area contributed by atoms with E-state index in [2.05, 4.69) is 5.32 Å². The fraction of sp³-hybridized carbons (Fsp3) is 0.444. The Hall–Kier alpha value is -3.55. The van der Waals surface area contributed by atoms with E-state index in [1.54, 1.807) is 37.3 Å². The largest absolute Gasteiger partial charge is 0.497 e. The molecule has 0 radical (unpaired) electrons. The van der Waals surface area contributed by atoms with Gasteiger partial charge in [0.1, 0.15) is 11.5 Å². The van der Waals surface area contributed by atoms with Crippen LogP contribution in [0.2, 0.25) is 0 Å². The van der Waals surface area contributed by atoms with Gasteiger partial charge in [0.15, 0.2) is 0 Å². The van der Waals surface area contributed by atoms with Crippen LogP contribution in [0.25, 0.3) is 0 Å². The van der Waals surface area contributed by atoms with Crippen LogP contribution in [-0.2, 0) is 16.1 Å². The second kappa shape index (κ2) is 9.60. The van der Waals surface area contributed by atoms with Gasteiger partial charge >= 0.3 is 0 Å². The van der Waals surface area contributed by atoms with E-state index in [1.807, 2.05) is 29.2 Å². The van der Waals surface area contributed by atoms with E-state index in [9.17, 15) is 14.4 Å². The number of nitrogens with zero attached hydrogens (tertiary/aromatic N) is 2. The fourth-order valence-electron chi connectivity index (χ4n) is 4.58. The molecule has 3 fully saturated rings. The number of hydrogen-bond acceptors (Lipinski definition) is 5. The van der Waals surface area contributed by atoms with E-state index < -0.39 is 5.92 Å². The predicted octanol–water partition coefficient (Wildman–Crippen LogP) is 3.14. The van der Waals surface area contributed by atoms with E-state index in [0.717, 1.165) is 31.2 Å². The summed E-state index contributed by atoms with van der Waals surface area (Å²) < 4.78 is 10.7. The first-order valence-corrected chi connectivity index (χ1v) is 12.2. The van der Waals surface area contributed by atoms with Crippen LogP contribution in [0.15, 0.2) is 42.5 Å². The van der Waals surface area contributed by atoms with E-state index in [0.29, 0.717) is 41.9 Å². The fourth-order valence-corrected chi connectivity index (χ4v) is 4.58. The van der Waals surface area contributed by atoms with Crippen molar-refractivity contribution in [2.24, 2.45) is 5.92 Å². The summed E-state index contributed by atoms with van der Waals surface area (Å²) in [5.74, 6) is 0.641. The second-order valence-electron chi connectivity index (χ2n) is 9.59. The average Bonchev–Trinajstić information content (AvgIpc) is 3.81. The van der Waals surface area contributed by atoms with Gasteiger partial charge in [0.05, 0.1) is 25.8 Å². The molecule has 0 aromatic heterocycles. The zero-order valence-corrected chi connectivity index (χ0v) is 20.2. The topological polar surface area (TPSA) is 88.2 Å². The van der Waals surface area contributed by atoms with Crippen molar-refractivity contribution < 1.29 is 23.9 Å². The first-order valence-electron chi connectivity index (χ1n) is 12.2. The smallest absolute Gasteiger partial charge is 0.251 e. The minimum Gasteiger partial charge on any atom is -0.497 e. The highest BCUT2D eigenvalue weighted by Gasteiger charge is 2.42. The zero-order chi connectivity index (χ0) is 24.5. The standard InChI is InChI=1S/C27H31N3O5/c1-34-22-11-12-23(24(14-22)35-2)30-16-19(13-25(30)31)27(33)29(21-9-10-21)15-17-3-5-18(6-4-17)26(32)28-20-7-8-20/h3-6,11-12,14,19-21H,7-10,13,15-16H2,1-2H3,(H,28,32). The molecule has 35 heavy (non-hydrogen) atoms. The SMILES string of the molecule is COc1ccc(N2CC(C(=O)N(Cc3ccc(C(=O)NC4CC4)cc3)C3CC3)CC2=O)c(OC)c1. The number of hydrogen-bond donors (Lipinski definition) is 1. The molecule has 1 unspecified atom stereocenters. The minimum absolute atomic E-state index is 0.00591. The maximum absolute atomic E-state index is 13.5. The highest BCUT2D eigenvalue weighted by molar-refractivity contribution is 6.01. The number of rotatable bonds is 9. The van der Waals surface area contributed by atoms with Crippen LogP contribution in [0.5, 0.6) is 11.5 Å². The van der Waals surface area contributed by atoms with Crippen LogP contribution in [0.3, 0.4) is 0 Å². The number of nitrogens with one attached hydrogen (secondary N) is 1. The number of anilines is 1. The molecule has 8 nitrogen and oxygen atoms in total. The first kappa shape index (κ1) is 23.2. The van der Waals surface area contributed by atoms with E-state index in [4.69, 9.17) is 9.47 Å². The van der Waals surface area contributed by atoms with Crippen LogP contribution >= 0.6 is 0 Å². The molecule has 2 aromatic carbocycles. The number of carbonyl (C=O) groups is 3. The summed E-state index contributed by atoms with van der Waals surface area (Å²) in [6, 6.07) is 13.3. The third-order valence-electron chi connectivity index (χ3n) is 6.90. The number of carbonyl (C=O) groups excluding carboxylic acids is 3. The van der Waals surface area contributed by atoms with Crippen LogP contribution in [0.4, 0.5) is 5.69 Å². The van der Waals surface area contributed by atoms with Gasteiger partial charge in [0.2, 0.25) is 11.8 Å². The Morgan fingerprint density at radius 2 is 1.77 bits per heavy atom. The van der Waals surface area contributed by atoms with Gasteiger partial charge in [-0.3, -0.25) is 14.4 Å². The van der Waals surface area contributed by atoms with Gasteiger partial charge in [-0.25, -0.2) is 0 Å². The Balaban J connectivity index is 1.27. The lowest BCUT2D eigenvalue weighted by molar-refractivity contribution is -0.137. The highest BCUT2D eigenvalue weighted by atomic mass is 16.5. The number of ether oxygens (including phenoxy) is 2. The Bertz CT molecular complexity index is 1120. The monoisotopic (exact) mass is 477 g/mol. The maximum Gasteiger partial charge on any atom is 0.251 e. The Morgan fingerprint density at radius 1 is 1.03 bits per heavy atom. The predicted molar refractivity (Wildman–Crippen MR) is 131 cm³/mol. The lowest BCUT2D eigenvalue weighted by Crippen LogP contribution is -2.38. The molecule has 2 saturated carbocycles. The molecule has 1 atom stereocenters. The van der Waals surface area contributed by atoms with Gasteiger partial charge < -0.3 is 24.6 Å². The van der Waals surface area contributed by atoms with E-state index in [-0.39, 0.29) is 30.2 Å². The summed E-state index contributed by atoms with van der Waals surface area (Å²) >= 11 is 0. The van der Waals surface area contributed by atoms with Crippen molar-refractivity contribution in [3.05, 3.63) is 53.6 Å². The maximum atomic E-state index is 13.5. The molecule has 1 aliphatic heterocycles. The van der Waals surface area contributed by atoms with Crippen LogP contribution in [-0.4, -0.2) is 55.5 Å². The Morgan fingerprint density at radius 3 is 2.40 bits per heavy atom. The molecule has 5 rings (SSSR count). The molecule has 184 valence electrons. The van der Waals surface area contributed by atoms with Gasteiger partial charge in [-0.1, -0.05) is 12.1 Å². The third-order valence-corrected chi connectivity index (χ3v) is 6.90. The third kappa shape index (κ3) is 5.11. The molecule has 0 spiro atoms. The first-order chi connectivity index (χ1) is 17.0. The van der Waals surface area contributed by atoms with Crippen molar-refractivity contribution in [1.29, 1.82) is 0 Å². The van der Waals surface area contributed by atoms with E-state index >= 15 is 0 Å². The quantitative estimate of drug-likeness (QED) is 0.600. The molecule has 1 N–H and O–H groups in total. The van der Waals surface area contributed by atoms with E-state index in [1.165, 1.54) is 0 Å². The highest BCUT2D eigenvalue weighted by Crippen LogP contribution is 2.37. The molecule has 3 aliphatic rings. The Labute approximate surface area is 205 Å². The zero-order valence-electron chi connectivity index (χ0n) is 20.2. The molecule has 1 heterocycles. The molecule has 1 saturated heterocycles. The number of methoxy groups -OCH3 is 2. The van der Waals surface area contributed by atoms with Crippen molar-refractivity contribution in [2.75, 3.05) is 25.7 Å². The average molecular weight is 478 g/mol. The molecule has 2 aromatic rings. The van der Waals surface area contributed by atoms with Crippen molar-refractivity contribution in [1.82, 2.24) is 10.2 Å². The molecule has 0 bridgehead atoms. The number of benzene rings is 2. The summed E-state index contributed by atoms with van der Waals surface area (Å²) in [6.45, 7) is 0.800. The summed E-state index contributed by atoms with van der Waals surface area (Å²) in [5.41, 5.74) is 2.26. The molecular weight excluding hydrogens is 446 g/mol. The van der Waals surface area contributed by atoms with Gasteiger partial charge in [-0.05, 0) is 55.5 Å². The van der Waals surface area contributed by atoms with Gasteiger partial charge in [-0.15, -0.1) is 0 Å². The van der Waals surface area contributed by atoms with Crippen LogP contribution in [0, 0.1) is 5.92 Å². The summed E-state index contributed by atoms with van der Waals surface area (Å²) in [4.78, 5) is 42.2. The minimum atomic E-state index is -0.404. The van der Waals surface area contributed by atoms with Crippen LogP contribution in [0.1, 0.15) is 48.0 Å². The van der Waals surface area contributed by atoms with Crippen molar-refractivity contribution in [2.45, 2.75) is 50.7 Å². The normalized spacial score (nSPS) is 19.4. The van der Waals surface area contributed by atoms with Gasteiger partial charge in [0.25, 0.3) is 5.91 Å². The number of amides is 3. The molecule has 2 aliphatic carbocycles. The molecule has 3 amide bonds. The molecular formula is C27H31N3O5. The summed E-state index contributed by atoms with van der Waals surface area (Å²) in [6.07, 6.45) is 4.23. The summed E-state index contributed by atoms with van der Waals surface area (Å²) in [5, 5.41) is 2.99. The van der Waals surface area contributed by atoms with Crippen molar-refractivity contribution in [3.63, 3.8) is 0 Å². The summed E-state index contributed by atoms with van der Waals surface area (Å²) in [7, 11) is 3.13. The van der Waals surface area contributed by atoms with Gasteiger partial charge in [-0.2, -0.15) is 0 Å². The van der Waals surface area contributed by atoms with Crippen LogP contribution < -0.4 is 19.7 Å². The lowest BCUT2D eigenvalue weighted by Gasteiger charge is -2.26. The van der Waals surface area contributed by atoms with Crippen molar-refractivity contribution >= 4 is 23.4 Å². The van der Waals surface area contributed by atoms with Crippen molar-refractivity contribution in [3.8, 4) is 11.5 Å². The van der Waals surface area contributed by atoms with Gasteiger partial charge in [0, 0.05) is 43.2 Å². The molecule has 8 heteroatoms.